The molecule has 0 spiro atoms. The molecule has 1 fully saturated rings. The van der Waals surface area contributed by atoms with E-state index in [9.17, 15) is 8.78 Å². The molecule has 140 valence electrons. The van der Waals surface area contributed by atoms with Gasteiger partial charge in [0.05, 0.1) is 11.6 Å². The molecule has 0 bridgehead atoms. The highest BCUT2D eigenvalue weighted by Crippen LogP contribution is 2.39. The quantitative estimate of drug-likeness (QED) is 0.629. The lowest BCUT2D eigenvalue weighted by Crippen LogP contribution is -2.38. The maximum absolute atomic E-state index is 13.3. The van der Waals surface area contributed by atoms with Gasteiger partial charge in [-0.25, -0.2) is 8.78 Å². The summed E-state index contributed by atoms with van der Waals surface area (Å²) in [6.45, 7) is 1.81. The summed E-state index contributed by atoms with van der Waals surface area (Å²) < 4.78 is 38.9. The van der Waals surface area contributed by atoms with Crippen LogP contribution in [0.5, 0.6) is 11.5 Å². The molecule has 3 rings (SSSR count). The number of nitrogens with zero attached hydrogens (tertiary/aromatic N) is 1. The molecule has 1 heterocycles. The number of ether oxygens (including phenoxy) is 2. The molecule has 0 N–H and O–H groups in total. The van der Waals surface area contributed by atoms with Gasteiger partial charge in [0, 0.05) is 32.5 Å². The van der Waals surface area contributed by atoms with E-state index in [1.165, 1.54) is 0 Å². The lowest BCUT2D eigenvalue weighted by atomic mass is 10.1. The van der Waals surface area contributed by atoms with Crippen molar-refractivity contribution >= 4 is 15.9 Å². The highest BCUT2D eigenvalue weighted by Gasteiger charge is 2.34. The van der Waals surface area contributed by atoms with E-state index in [2.05, 4.69) is 15.9 Å². The minimum Gasteiger partial charge on any atom is -0.493 e. The Morgan fingerprint density at radius 2 is 1.77 bits per heavy atom. The van der Waals surface area contributed by atoms with Crippen LogP contribution in [-0.4, -0.2) is 31.0 Å². The van der Waals surface area contributed by atoms with Crippen molar-refractivity contribution in [1.82, 2.24) is 4.90 Å². The fourth-order valence-corrected chi connectivity index (χ4v) is 3.57. The van der Waals surface area contributed by atoms with Crippen molar-refractivity contribution in [1.29, 1.82) is 0 Å². The van der Waals surface area contributed by atoms with Crippen LogP contribution >= 0.6 is 15.9 Å². The van der Waals surface area contributed by atoms with Crippen molar-refractivity contribution in [3.8, 4) is 11.5 Å². The Hall–Kier alpha value is -1.66. The van der Waals surface area contributed by atoms with E-state index in [0.29, 0.717) is 37.7 Å². The SMILES string of the molecule is COc1ccc(CN2CCC(F)(F)CC2)c(Br)c1OCc1ccccc1. The van der Waals surface area contributed by atoms with Crippen LogP contribution in [0.3, 0.4) is 0 Å². The Morgan fingerprint density at radius 1 is 1.08 bits per heavy atom. The number of likely N-dealkylation sites (tertiary alicyclic amines) is 1. The summed E-state index contributed by atoms with van der Waals surface area (Å²) in [6.07, 6.45) is -0.170. The Bertz CT molecular complexity index is 730. The summed E-state index contributed by atoms with van der Waals surface area (Å²) >= 11 is 3.62. The van der Waals surface area contributed by atoms with E-state index >= 15 is 0 Å². The minimum absolute atomic E-state index is 0.0852. The molecule has 0 atom stereocenters. The lowest BCUT2D eigenvalue weighted by Gasteiger charge is -2.32. The van der Waals surface area contributed by atoms with Crippen molar-refractivity contribution < 1.29 is 18.3 Å². The fraction of sp³-hybridized carbons (Fsp3) is 0.400. The Morgan fingerprint density at radius 3 is 2.42 bits per heavy atom. The van der Waals surface area contributed by atoms with Crippen molar-refractivity contribution in [2.24, 2.45) is 0 Å². The predicted octanol–water partition coefficient (Wildman–Crippen LogP) is 5.27. The molecule has 0 amide bonds. The van der Waals surface area contributed by atoms with Crippen LogP contribution in [0.2, 0.25) is 0 Å². The van der Waals surface area contributed by atoms with Gasteiger partial charge in [-0.3, -0.25) is 4.90 Å². The molecular weight excluding hydrogens is 404 g/mol. The van der Waals surface area contributed by atoms with Gasteiger partial charge in [0.15, 0.2) is 11.5 Å². The number of piperidine rings is 1. The molecule has 0 radical (unpaired) electrons. The number of rotatable bonds is 6. The largest absolute Gasteiger partial charge is 0.493 e. The highest BCUT2D eigenvalue weighted by atomic mass is 79.9. The van der Waals surface area contributed by atoms with E-state index in [0.717, 1.165) is 15.6 Å². The van der Waals surface area contributed by atoms with Crippen molar-refractivity contribution in [3.63, 3.8) is 0 Å². The molecule has 26 heavy (non-hydrogen) atoms. The number of alkyl halides is 2. The lowest BCUT2D eigenvalue weighted by molar-refractivity contribution is -0.0566. The van der Waals surface area contributed by atoms with Gasteiger partial charge in [0.25, 0.3) is 5.92 Å². The van der Waals surface area contributed by atoms with Crippen LogP contribution in [0.1, 0.15) is 24.0 Å². The summed E-state index contributed by atoms with van der Waals surface area (Å²) in [7, 11) is 1.60. The van der Waals surface area contributed by atoms with Gasteiger partial charge in [-0.2, -0.15) is 0 Å². The molecule has 1 aliphatic rings. The second-order valence-corrected chi connectivity index (χ2v) is 7.27. The molecule has 0 aromatic heterocycles. The number of hydrogen-bond acceptors (Lipinski definition) is 3. The van der Waals surface area contributed by atoms with Crippen LogP contribution in [0.25, 0.3) is 0 Å². The summed E-state index contributed by atoms with van der Waals surface area (Å²) in [4.78, 5) is 2.05. The van der Waals surface area contributed by atoms with E-state index in [1.807, 2.05) is 47.4 Å². The maximum Gasteiger partial charge on any atom is 0.250 e. The molecule has 1 aliphatic heterocycles. The van der Waals surface area contributed by atoms with Gasteiger partial charge < -0.3 is 9.47 Å². The van der Waals surface area contributed by atoms with Crippen LogP contribution in [0.4, 0.5) is 8.78 Å². The van der Waals surface area contributed by atoms with Crippen LogP contribution in [0, 0.1) is 0 Å². The van der Waals surface area contributed by atoms with Crippen LogP contribution in [0.15, 0.2) is 46.9 Å². The third-order valence-electron chi connectivity index (χ3n) is 4.57. The van der Waals surface area contributed by atoms with E-state index < -0.39 is 5.92 Å². The van der Waals surface area contributed by atoms with Gasteiger partial charge in [0.1, 0.15) is 6.61 Å². The first-order valence-corrected chi connectivity index (χ1v) is 9.40. The van der Waals surface area contributed by atoms with Crippen molar-refractivity contribution in [2.45, 2.75) is 31.9 Å². The van der Waals surface area contributed by atoms with Crippen molar-refractivity contribution in [3.05, 3.63) is 58.1 Å². The average molecular weight is 426 g/mol. The first kappa shape index (κ1) is 19.1. The number of halogens is 3. The van der Waals surface area contributed by atoms with Gasteiger partial charge in [-0.15, -0.1) is 0 Å². The molecule has 0 unspecified atom stereocenters. The highest BCUT2D eigenvalue weighted by molar-refractivity contribution is 9.10. The second-order valence-electron chi connectivity index (χ2n) is 6.48. The molecule has 2 aromatic rings. The molecule has 6 heteroatoms. The summed E-state index contributed by atoms with van der Waals surface area (Å²) in [5.41, 5.74) is 2.06. The second kappa shape index (κ2) is 8.35. The zero-order chi connectivity index (χ0) is 18.6. The molecule has 3 nitrogen and oxygen atoms in total. The molecule has 2 aromatic carbocycles. The first-order chi connectivity index (χ1) is 12.5. The van der Waals surface area contributed by atoms with Crippen molar-refractivity contribution in [2.75, 3.05) is 20.2 Å². The zero-order valence-corrected chi connectivity index (χ0v) is 16.3. The number of hydrogen-bond donors (Lipinski definition) is 0. The standard InChI is InChI=1S/C20H22BrF2NO2/c1-25-17-8-7-16(13-24-11-9-20(22,23)10-12-24)18(21)19(17)26-14-15-5-3-2-4-6-15/h2-8H,9-14H2,1H3. The third-order valence-corrected chi connectivity index (χ3v) is 5.44. The van der Waals surface area contributed by atoms with E-state index in [1.54, 1.807) is 7.11 Å². The molecular formula is C20H22BrF2NO2. The fourth-order valence-electron chi connectivity index (χ4n) is 3.01. The summed E-state index contributed by atoms with van der Waals surface area (Å²) in [6, 6.07) is 13.7. The topological polar surface area (TPSA) is 21.7 Å². The van der Waals surface area contributed by atoms with Gasteiger partial charge >= 0.3 is 0 Å². The summed E-state index contributed by atoms with van der Waals surface area (Å²) in [5, 5.41) is 0. The first-order valence-electron chi connectivity index (χ1n) is 8.61. The predicted molar refractivity (Wildman–Crippen MR) is 101 cm³/mol. The van der Waals surface area contributed by atoms with Crippen LogP contribution in [-0.2, 0) is 13.2 Å². The normalized spacial score (nSPS) is 17.1. The van der Waals surface area contributed by atoms with Crippen LogP contribution < -0.4 is 9.47 Å². The smallest absolute Gasteiger partial charge is 0.250 e. The number of benzene rings is 2. The summed E-state index contributed by atoms with van der Waals surface area (Å²) in [5.74, 6) is -1.25. The van der Waals surface area contributed by atoms with E-state index in [-0.39, 0.29) is 12.8 Å². The van der Waals surface area contributed by atoms with Gasteiger partial charge in [-0.05, 0) is 33.1 Å². The average Bonchev–Trinajstić information content (AvgIpc) is 2.64. The number of methoxy groups -OCH3 is 1. The zero-order valence-electron chi connectivity index (χ0n) is 14.7. The van der Waals surface area contributed by atoms with E-state index in [4.69, 9.17) is 9.47 Å². The Labute approximate surface area is 161 Å². The van der Waals surface area contributed by atoms with Gasteiger partial charge in [-0.1, -0.05) is 36.4 Å². The molecule has 0 saturated carbocycles. The minimum atomic E-state index is -2.53. The molecule has 1 saturated heterocycles. The Kier molecular flexibility index (Phi) is 6.14. The molecule has 0 aliphatic carbocycles. The maximum atomic E-state index is 13.3. The Balaban J connectivity index is 1.73. The monoisotopic (exact) mass is 425 g/mol. The third kappa shape index (κ3) is 4.74. The van der Waals surface area contributed by atoms with Gasteiger partial charge in [0.2, 0.25) is 0 Å².